The van der Waals surface area contributed by atoms with Crippen LogP contribution in [0, 0.1) is 0 Å². The van der Waals surface area contributed by atoms with Gasteiger partial charge in [-0.1, -0.05) is 31.2 Å². The predicted molar refractivity (Wildman–Crippen MR) is 66.6 cm³/mol. The number of alkyl halides is 3. The highest BCUT2D eigenvalue weighted by atomic mass is 19.4. The first-order valence-electron chi connectivity index (χ1n) is 5.99. The molecule has 0 saturated carbocycles. The highest BCUT2D eigenvalue weighted by Crippen LogP contribution is 2.21. The molecular weight excluding hydrogens is 273 g/mol. The number of halogens is 3. The van der Waals surface area contributed by atoms with Crippen LogP contribution in [0.1, 0.15) is 30.5 Å². The molecule has 0 heterocycles. The molecule has 0 radical (unpaired) electrons. The number of carbonyl (C=O) groups excluding carboxylic acids is 2. The standard InChI is InChI=1S/C13H15F3N2O2/c1-2-8-3-5-9(6-4-8)10(7-11(17)19)18-12(20)13(14,15)16/h3-6,10H,2,7H2,1H3,(H2,17,19)(H,18,20)/t10-/m0/s1. The van der Waals surface area contributed by atoms with Crippen LogP contribution in [0.5, 0.6) is 0 Å². The number of hydrogen-bond acceptors (Lipinski definition) is 2. The van der Waals surface area contributed by atoms with Crippen molar-refractivity contribution in [3.8, 4) is 0 Å². The van der Waals surface area contributed by atoms with Gasteiger partial charge in [-0.25, -0.2) is 0 Å². The number of benzene rings is 1. The molecular formula is C13H15F3N2O2. The van der Waals surface area contributed by atoms with Gasteiger partial charge in [0.05, 0.1) is 12.5 Å². The Morgan fingerprint density at radius 3 is 2.20 bits per heavy atom. The lowest BCUT2D eigenvalue weighted by Gasteiger charge is -2.19. The molecule has 0 saturated heterocycles. The van der Waals surface area contributed by atoms with E-state index in [0.717, 1.165) is 12.0 Å². The van der Waals surface area contributed by atoms with Gasteiger partial charge in [-0.3, -0.25) is 9.59 Å². The molecule has 0 aliphatic carbocycles. The minimum absolute atomic E-state index is 0.396. The first-order valence-corrected chi connectivity index (χ1v) is 5.99. The summed E-state index contributed by atoms with van der Waals surface area (Å²) in [5.74, 6) is -2.89. The summed E-state index contributed by atoms with van der Waals surface area (Å²) in [7, 11) is 0. The Balaban J connectivity index is 2.93. The Labute approximate surface area is 114 Å². The molecule has 1 aromatic carbocycles. The lowest BCUT2D eigenvalue weighted by molar-refractivity contribution is -0.174. The Kier molecular flexibility index (Phi) is 5.12. The first-order chi connectivity index (χ1) is 9.24. The number of amides is 2. The highest BCUT2D eigenvalue weighted by Gasteiger charge is 2.40. The maximum absolute atomic E-state index is 12.3. The molecule has 4 nitrogen and oxygen atoms in total. The third-order valence-corrected chi connectivity index (χ3v) is 2.76. The van der Waals surface area contributed by atoms with Crippen molar-refractivity contribution >= 4 is 11.8 Å². The summed E-state index contributed by atoms with van der Waals surface area (Å²) in [6.45, 7) is 1.93. The van der Waals surface area contributed by atoms with E-state index >= 15 is 0 Å². The van der Waals surface area contributed by atoms with Gasteiger partial charge in [-0.15, -0.1) is 0 Å². The van der Waals surface area contributed by atoms with Gasteiger partial charge in [0.25, 0.3) is 0 Å². The van der Waals surface area contributed by atoms with Crippen LogP contribution in [-0.2, 0) is 16.0 Å². The van der Waals surface area contributed by atoms with Gasteiger partial charge in [0.1, 0.15) is 0 Å². The van der Waals surface area contributed by atoms with Gasteiger partial charge in [0.15, 0.2) is 0 Å². The molecule has 7 heteroatoms. The predicted octanol–water partition coefficient (Wildman–Crippen LogP) is 1.84. The van der Waals surface area contributed by atoms with Crippen molar-refractivity contribution in [2.75, 3.05) is 0 Å². The fourth-order valence-electron chi connectivity index (χ4n) is 1.68. The van der Waals surface area contributed by atoms with E-state index in [4.69, 9.17) is 5.73 Å². The highest BCUT2D eigenvalue weighted by molar-refractivity contribution is 5.83. The minimum Gasteiger partial charge on any atom is -0.370 e. The van der Waals surface area contributed by atoms with E-state index in [0.29, 0.717) is 5.56 Å². The Hall–Kier alpha value is -2.05. The van der Waals surface area contributed by atoms with Crippen LogP contribution in [-0.4, -0.2) is 18.0 Å². The monoisotopic (exact) mass is 288 g/mol. The average Bonchev–Trinajstić information content (AvgIpc) is 2.36. The van der Waals surface area contributed by atoms with E-state index in [-0.39, 0.29) is 0 Å². The summed E-state index contributed by atoms with van der Waals surface area (Å²) in [5.41, 5.74) is 6.40. The lowest BCUT2D eigenvalue weighted by atomic mass is 10.0. The fourth-order valence-corrected chi connectivity index (χ4v) is 1.68. The Morgan fingerprint density at radius 2 is 1.80 bits per heavy atom. The van der Waals surface area contributed by atoms with E-state index in [1.807, 2.05) is 6.92 Å². The summed E-state index contributed by atoms with van der Waals surface area (Å²) in [5, 5.41) is 1.78. The topological polar surface area (TPSA) is 72.2 Å². The van der Waals surface area contributed by atoms with Crippen LogP contribution in [0.4, 0.5) is 13.2 Å². The van der Waals surface area contributed by atoms with Crippen molar-refractivity contribution in [2.24, 2.45) is 5.73 Å². The Morgan fingerprint density at radius 1 is 1.25 bits per heavy atom. The molecule has 0 fully saturated rings. The fraction of sp³-hybridized carbons (Fsp3) is 0.385. The summed E-state index contributed by atoms with van der Waals surface area (Å²) in [6.07, 6.45) is -4.62. The van der Waals surface area contributed by atoms with Crippen LogP contribution in [0.3, 0.4) is 0 Å². The molecule has 2 amide bonds. The Bertz CT molecular complexity index is 483. The summed E-state index contributed by atoms with van der Waals surface area (Å²) in [4.78, 5) is 21.9. The van der Waals surface area contributed by atoms with E-state index < -0.39 is 30.5 Å². The van der Waals surface area contributed by atoms with Crippen LogP contribution >= 0.6 is 0 Å². The molecule has 20 heavy (non-hydrogen) atoms. The van der Waals surface area contributed by atoms with Crippen LogP contribution in [0.15, 0.2) is 24.3 Å². The van der Waals surface area contributed by atoms with Gasteiger partial charge < -0.3 is 11.1 Å². The van der Waals surface area contributed by atoms with Gasteiger partial charge in [0, 0.05) is 0 Å². The molecule has 1 aromatic rings. The third kappa shape index (κ3) is 4.56. The van der Waals surface area contributed by atoms with Gasteiger partial charge in [-0.05, 0) is 17.5 Å². The van der Waals surface area contributed by atoms with E-state index in [1.165, 1.54) is 0 Å². The average molecular weight is 288 g/mol. The number of hydrogen-bond donors (Lipinski definition) is 2. The molecule has 0 bridgehead atoms. The number of nitrogens with one attached hydrogen (secondary N) is 1. The smallest absolute Gasteiger partial charge is 0.370 e. The second-order valence-corrected chi connectivity index (χ2v) is 4.29. The number of primary amides is 1. The molecule has 0 aliphatic heterocycles. The molecule has 1 rings (SSSR count). The van der Waals surface area contributed by atoms with Gasteiger partial charge in [0.2, 0.25) is 5.91 Å². The quantitative estimate of drug-likeness (QED) is 0.867. The number of carbonyl (C=O) groups is 2. The van der Waals surface area contributed by atoms with Crippen molar-refractivity contribution in [2.45, 2.75) is 32.0 Å². The van der Waals surface area contributed by atoms with Crippen molar-refractivity contribution in [1.82, 2.24) is 5.32 Å². The molecule has 110 valence electrons. The van der Waals surface area contributed by atoms with Crippen LogP contribution < -0.4 is 11.1 Å². The van der Waals surface area contributed by atoms with Crippen LogP contribution in [0.25, 0.3) is 0 Å². The van der Waals surface area contributed by atoms with Crippen molar-refractivity contribution in [1.29, 1.82) is 0 Å². The van der Waals surface area contributed by atoms with Gasteiger partial charge in [-0.2, -0.15) is 13.2 Å². The number of aryl methyl sites for hydroxylation is 1. The number of rotatable bonds is 5. The summed E-state index contributed by atoms with van der Waals surface area (Å²) in [6, 6.07) is 5.51. The second kappa shape index (κ2) is 6.40. The van der Waals surface area contributed by atoms with Crippen molar-refractivity contribution in [3.05, 3.63) is 35.4 Å². The largest absolute Gasteiger partial charge is 0.471 e. The third-order valence-electron chi connectivity index (χ3n) is 2.76. The zero-order valence-corrected chi connectivity index (χ0v) is 10.8. The van der Waals surface area contributed by atoms with Crippen molar-refractivity contribution < 1.29 is 22.8 Å². The van der Waals surface area contributed by atoms with E-state index in [1.54, 1.807) is 29.6 Å². The zero-order chi connectivity index (χ0) is 15.3. The maximum Gasteiger partial charge on any atom is 0.471 e. The van der Waals surface area contributed by atoms with E-state index in [2.05, 4.69) is 0 Å². The first kappa shape index (κ1) is 16.0. The second-order valence-electron chi connectivity index (χ2n) is 4.29. The van der Waals surface area contributed by atoms with Gasteiger partial charge >= 0.3 is 12.1 Å². The maximum atomic E-state index is 12.3. The van der Waals surface area contributed by atoms with Crippen molar-refractivity contribution in [3.63, 3.8) is 0 Å². The minimum atomic E-state index is -5.00. The number of nitrogens with two attached hydrogens (primary N) is 1. The SMILES string of the molecule is CCc1ccc([C@H](CC(N)=O)NC(=O)C(F)(F)F)cc1. The molecule has 3 N–H and O–H groups in total. The molecule has 0 aromatic heterocycles. The summed E-state index contributed by atoms with van der Waals surface area (Å²) >= 11 is 0. The molecule has 0 unspecified atom stereocenters. The van der Waals surface area contributed by atoms with Crippen LogP contribution in [0.2, 0.25) is 0 Å². The summed E-state index contributed by atoms with van der Waals surface area (Å²) < 4.78 is 36.8. The molecule has 0 spiro atoms. The zero-order valence-electron chi connectivity index (χ0n) is 10.8. The normalized spacial score (nSPS) is 12.8. The molecule has 1 atom stereocenters. The van der Waals surface area contributed by atoms with E-state index in [9.17, 15) is 22.8 Å². The lowest BCUT2D eigenvalue weighted by Crippen LogP contribution is -2.40. The molecule has 0 aliphatic rings.